The molecule has 154 valence electrons. The second-order valence-corrected chi connectivity index (χ2v) is 6.69. The van der Waals surface area contributed by atoms with Gasteiger partial charge in [-0.1, -0.05) is 25.1 Å². The van der Waals surface area contributed by atoms with Gasteiger partial charge < -0.3 is 19.8 Å². The van der Waals surface area contributed by atoms with Crippen molar-refractivity contribution >= 4 is 16.9 Å². The molecule has 1 aromatic heterocycles. The fourth-order valence-corrected chi connectivity index (χ4v) is 3.19. The van der Waals surface area contributed by atoms with Crippen LogP contribution in [-0.4, -0.2) is 34.7 Å². The molecular formula is C22H28N4O3. The van der Waals surface area contributed by atoms with Crippen molar-refractivity contribution in [3.05, 3.63) is 54.4 Å². The van der Waals surface area contributed by atoms with Gasteiger partial charge in [-0.2, -0.15) is 0 Å². The summed E-state index contributed by atoms with van der Waals surface area (Å²) in [6, 6.07) is 15.1. The normalized spacial score (nSPS) is 12.2. The van der Waals surface area contributed by atoms with Gasteiger partial charge in [0.25, 0.3) is 0 Å². The molecule has 0 spiro atoms. The first-order valence-corrected chi connectivity index (χ1v) is 9.94. The summed E-state index contributed by atoms with van der Waals surface area (Å²) < 4.78 is 13.6. The SMILES string of the molecule is CCOCCn1c(CN[C@@H](CC)C(N)=O)nc2ccc(Oc3ccccc3)cc21. The summed E-state index contributed by atoms with van der Waals surface area (Å²) >= 11 is 0. The van der Waals surface area contributed by atoms with Crippen LogP contribution in [0.15, 0.2) is 48.5 Å². The number of rotatable bonds is 11. The Bertz CT molecular complexity index is 940. The van der Waals surface area contributed by atoms with E-state index in [2.05, 4.69) is 9.88 Å². The van der Waals surface area contributed by atoms with Crippen LogP contribution in [0.4, 0.5) is 0 Å². The average Bonchev–Trinajstić information content (AvgIpc) is 3.06. The predicted molar refractivity (Wildman–Crippen MR) is 113 cm³/mol. The topological polar surface area (TPSA) is 91.4 Å². The highest BCUT2D eigenvalue weighted by molar-refractivity contribution is 5.80. The molecule has 3 aromatic rings. The highest BCUT2D eigenvalue weighted by atomic mass is 16.5. The van der Waals surface area contributed by atoms with Crippen LogP contribution in [0.1, 0.15) is 26.1 Å². The third kappa shape index (κ3) is 5.34. The number of fused-ring (bicyclic) bond motifs is 1. The van der Waals surface area contributed by atoms with Crippen LogP contribution >= 0.6 is 0 Å². The lowest BCUT2D eigenvalue weighted by Crippen LogP contribution is -2.40. The molecule has 0 aliphatic heterocycles. The van der Waals surface area contributed by atoms with E-state index in [0.29, 0.717) is 32.7 Å². The van der Waals surface area contributed by atoms with Crippen LogP contribution in [0.5, 0.6) is 11.5 Å². The Morgan fingerprint density at radius 3 is 2.66 bits per heavy atom. The molecule has 0 bridgehead atoms. The molecule has 0 saturated heterocycles. The Morgan fingerprint density at radius 1 is 1.17 bits per heavy atom. The number of nitrogens with zero attached hydrogens (tertiary/aromatic N) is 2. The fourth-order valence-electron chi connectivity index (χ4n) is 3.19. The van der Waals surface area contributed by atoms with Crippen molar-refractivity contribution in [3.63, 3.8) is 0 Å². The molecule has 0 saturated carbocycles. The molecule has 2 aromatic carbocycles. The van der Waals surface area contributed by atoms with Gasteiger partial charge in [-0.15, -0.1) is 0 Å². The molecule has 3 N–H and O–H groups in total. The van der Waals surface area contributed by atoms with Crippen molar-refractivity contribution in [1.29, 1.82) is 0 Å². The number of benzene rings is 2. The van der Waals surface area contributed by atoms with Crippen molar-refractivity contribution in [3.8, 4) is 11.5 Å². The van der Waals surface area contributed by atoms with E-state index in [4.69, 9.17) is 20.2 Å². The lowest BCUT2D eigenvalue weighted by atomic mass is 10.2. The van der Waals surface area contributed by atoms with Gasteiger partial charge in [0, 0.05) is 19.2 Å². The Balaban J connectivity index is 1.88. The quantitative estimate of drug-likeness (QED) is 0.486. The van der Waals surface area contributed by atoms with Crippen molar-refractivity contribution in [1.82, 2.24) is 14.9 Å². The molecule has 29 heavy (non-hydrogen) atoms. The summed E-state index contributed by atoms with van der Waals surface area (Å²) in [7, 11) is 0. The van der Waals surface area contributed by atoms with Gasteiger partial charge in [-0.05, 0) is 37.6 Å². The van der Waals surface area contributed by atoms with E-state index < -0.39 is 0 Å². The van der Waals surface area contributed by atoms with Gasteiger partial charge in [0.1, 0.15) is 17.3 Å². The summed E-state index contributed by atoms with van der Waals surface area (Å²) in [5, 5.41) is 3.20. The minimum atomic E-state index is -0.382. The number of primary amides is 1. The molecule has 0 fully saturated rings. The van der Waals surface area contributed by atoms with Crippen LogP contribution in [0.25, 0.3) is 11.0 Å². The highest BCUT2D eigenvalue weighted by Gasteiger charge is 2.16. The van der Waals surface area contributed by atoms with Gasteiger partial charge >= 0.3 is 0 Å². The predicted octanol–water partition coefficient (Wildman–Crippen LogP) is 3.22. The van der Waals surface area contributed by atoms with Crippen LogP contribution in [0, 0.1) is 0 Å². The van der Waals surface area contributed by atoms with E-state index in [1.807, 2.05) is 62.4 Å². The van der Waals surface area contributed by atoms with E-state index in [9.17, 15) is 4.79 Å². The first-order chi connectivity index (χ1) is 14.1. The standard InChI is InChI=1S/C22H28N4O3/c1-3-18(22(23)27)24-15-21-25-19-11-10-17(29-16-8-6-5-7-9-16)14-20(19)26(21)12-13-28-4-2/h5-11,14,18,24H,3-4,12-13,15H2,1-2H3,(H2,23,27)/t18-/m0/s1. The van der Waals surface area contributed by atoms with Gasteiger partial charge in [-0.25, -0.2) is 4.98 Å². The number of hydrogen-bond donors (Lipinski definition) is 2. The molecule has 0 aliphatic rings. The van der Waals surface area contributed by atoms with E-state index >= 15 is 0 Å². The molecular weight excluding hydrogens is 368 g/mol. The van der Waals surface area contributed by atoms with E-state index in [-0.39, 0.29) is 11.9 Å². The van der Waals surface area contributed by atoms with E-state index in [0.717, 1.165) is 28.4 Å². The maximum absolute atomic E-state index is 11.5. The first kappa shape index (κ1) is 20.8. The fraction of sp³-hybridized carbons (Fsp3) is 0.364. The molecule has 1 amide bonds. The number of ether oxygens (including phenoxy) is 2. The number of nitrogens with one attached hydrogen (secondary N) is 1. The van der Waals surface area contributed by atoms with Crippen LogP contribution in [0.2, 0.25) is 0 Å². The Labute approximate surface area is 170 Å². The second-order valence-electron chi connectivity index (χ2n) is 6.69. The molecule has 7 heteroatoms. The molecule has 7 nitrogen and oxygen atoms in total. The summed E-state index contributed by atoms with van der Waals surface area (Å²) in [6.45, 7) is 6.22. The number of imidazole rings is 1. The van der Waals surface area contributed by atoms with E-state index in [1.54, 1.807) is 0 Å². The zero-order chi connectivity index (χ0) is 20.6. The number of carbonyl (C=O) groups is 1. The van der Waals surface area contributed by atoms with Crippen molar-refractivity contribution < 1.29 is 14.3 Å². The number of nitrogens with two attached hydrogens (primary N) is 1. The number of carbonyl (C=O) groups excluding carboxylic acids is 1. The maximum atomic E-state index is 11.5. The zero-order valence-electron chi connectivity index (χ0n) is 16.9. The second kappa shape index (κ2) is 10.0. The smallest absolute Gasteiger partial charge is 0.234 e. The minimum Gasteiger partial charge on any atom is -0.457 e. The van der Waals surface area contributed by atoms with Gasteiger partial charge in [0.05, 0.1) is 30.2 Å². The number of aromatic nitrogens is 2. The lowest BCUT2D eigenvalue weighted by molar-refractivity contribution is -0.120. The maximum Gasteiger partial charge on any atom is 0.234 e. The van der Waals surface area contributed by atoms with Crippen molar-refractivity contribution in [2.45, 2.75) is 39.4 Å². The van der Waals surface area contributed by atoms with Gasteiger partial charge in [-0.3, -0.25) is 10.1 Å². The third-order valence-corrected chi connectivity index (χ3v) is 4.70. The lowest BCUT2D eigenvalue weighted by Gasteiger charge is -2.14. The average molecular weight is 396 g/mol. The van der Waals surface area contributed by atoms with Gasteiger partial charge in [0.15, 0.2) is 0 Å². The van der Waals surface area contributed by atoms with Crippen LogP contribution < -0.4 is 15.8 Å². The van der Waals surface area contributed by atoms with Gasteiger partial charge in [0.2, 0.25) is 5.91 Å². The van der Waals surface area contributed by atoms with Crippen LogP contribution in [0.3, 0.4) is 0 Å². The zero-order valence-corrected chi connectivity index (χ0v) is 16.9. The number of hydrogen-bond acceptors (Lipinski definition) is 5. The molecule has 3 rings (SSSR count). The molecule has 0 aliphatic carbocycles. The van der Waals surface area contributed by atoms with Crippen molar-refractivity contribution in [2.24, 2.45) is 5.73 Å². The molecule has 1 atom stereocenters. The van der Waals surface area contributed by atoms with E-state index in [1.165, 1.54) is 0 Å². The summed E-state index contributed by atoms with van der Waals surface area (Å²) in [4.78, 5) is 16.3. The number of para-hydroxylation sites is 1. The summed E-state index contributed by atoms with van der Waals surface area (Å²) in [5.41, 5.74) is 7.28. The molecule has 0 unspecified atom stereocenters. The monoisotopic (exact) mass is 396 g/mol. The molecule has 0 radical (unpaired) electrons. The Morgan fingerprint density at radius 2 is 1.97 bits per heavy atom. The summed E-state index contributed by atoms with van der Waals surface area (Å²) in [5.74, 6) is 1.99. The third-order valence-electron chi connectivity index (χ3n) is 4.70. The van der Waals surface area contributed by atoms with Crippen LogP contribution in [-0.2, 0) is 22.6 Å². The largest absolute Gasteiger partial charge is 0.457 e. The Hall–Kier alpha value is -2.90. The van der Waals surface area contributed by atoms with Crippen molar-refractivity contribution in [2.75, 3.05) is 13.2 Å². The number of amides is 1. The highest BCUT2D eigenvalue weighted by Crippen LogP contribution is 2.26. The Kier molecular flexibility index (Phi) is 7.21. The summed E-state index contributed by atoms with van der Waals surface area (Å²) in [6.07, 6.45) is 0.629. The molecule has 1 heterocycles. The first-order valence-electron chi connectivity index (χ1n) is 9.94. The minimum absolute atomic E-state index is 0.358.